The molecule has 5 heteroatoms. The molecule has 0 spiro atoms. The summed E-state index contributed by atoms with van der Waals surface area (Å²) in [7, 11) is 0. The van der Waals surface area contributed by atoms with Crippen molar-refractivity contribution in [3.63, 3.8) is 0 Å². The zero-order valence-corrected chi connectivity index (χ0v) is 13.4. The molecule has 0 saturated carbocycles. The topological polar surface area (TPSA) is 15.3 Å². The lowest BCUT2D eigenvalue weighted by Crippen LogP contribution is -2.65. The Bertz CT molecular complexity index is 309. The Morgan fingerprint density at radius 1 is 1.25 bits per heavy atom. The van der Waals surface area contributed by atoms with E-state index in [9.17, 15) is 13.2 Å². The van der Waals surface area contributed by atoms with Crippen LogP contribution in [0, 0.1) is 5.41 Å². The molecule has 1 aliphatic heterocycles. The van der Waals surface area contributed by atoms with Crippen LogP contribution in [0.25, 0.3) is 0 Å². The number of nitrogens with zero attached hydrogens (tertiary/aromatic N) is 1. The Labute approximate surface area is 121 Å². The Balaban J connectivity index is 2.68. The molecule has 0 radical (unpaired) electrons. The van der Waals surface area contributed by atoms with Crippen LogP contribution in [0.3, 0.4) is 0 Å². The molecular weight excluding hydrogens is 265 g/mol. The van der Waals surface area contributed by atoms with Gasteiger partial charge in [0.25, 0.3) is 0 Å². The molecular formula is C15H29F3N2. The van der Waals surface area contributed by atoms with Crippen LogP contribution in [-0.4, -0.2) is 42.3 Å². The molecule has 1 rings (SSSR count). The molecule has 2 atom stereocenters. The van der Waals surface area contributed by atoms with Gasteiger partial charge in [-0.1, -0.05) is 27.7 Å². The van der Waals surface area contributed by atoms with Crippen molar-refractivity contribution in [2.45, 2.75) is 71.6 Å². The Morgan fingerprint density at radius 2 is 1.85 bits per heavy atom. The van der Waals surface area contributed by atoms with Gasteiger partial charge in [-0.15, -0.1) is 0 Å². The van der Waals surface area contributed by atoms with Crippen molar-refractivity contribution < 1.29 is 13.2 Å². The van der Waals surface area contributed by atoms with Crippen LogP contribution in [0.4, 0.5) is 13.2 Å². The zero-order valence-electron chi connectivity index (χ0n) is 13.4. The third-order valence-electron chi connectivity index (χ3n) is 4.40. The molecule has 0 bridgehead atoms. The van der Waals surface area contributed by atoms with Crippen molar-refractivity contribution in [1.82, 2.24) is 10.2 Å². The van der Waals surface area contributed by atoms with E-state index in [-0.39, 0.29) is 23.4 Å². The molecule has 0 aromatic rings. The largest absolute Gasteiger partial charge is 0.389 e. The number of hydrogen-bond donors (Lipinski definition) is 1. The normalized spacial score (nSPS) is 29.7. The Morgan fingerprint density at radius 3 is 2.30 bits per heavy atom. The van der Waals surface area contributed by atoms with Crippen LogP contribution in [0.5, 0.6) is 0 Å². The maximum Gasteiger partial charge on any atom is 0.389 e. The van der Waals surface area contributed by atoms with Crippen LogP contribution in [-0.2, 0) is 0 Å². The molecule has 1 aliphatic rings. The van der Waals surface area contributed by atoms with Gasteiger partial charge in [0.05, 0.1) is 0 Å². The van der Waals surface area contributed by atoms with E-state index in [0.717, 1.165) is 19.5 Å². The van der Waals surface area contributed by atoms with E-state index in [0.29, 0.717) is 6.54 Å². The highest BCUT2D eigenvalue weighted by Gasteiger charge is 2.39. The highest BCUT2D eigenvalue weighted by Crippen LogP contribution is 2.31. The fraction of sp³-hybridized carbons (Fsp3) is 1.00. The quantitative estimate of drug-likeness (QED) is 0.848. The van der Waals surface area contributed by atoms with E-state index < -0.39 is 12.6 Å². The predicted molar refractivity (Wildman–Crippen MR) is 76.8 cm³/mol. The average Bonchev–Trinajstić information content (AvgIpc) is 2.25. The Hall–Kier alpha value is -0.290. The smallest absolute Gasteiger partial charge is 0.309 e. The van der Waals surface area contributed by atoms with Gasteiger partial charge in [-0.25, -0.2) is 0 Å². The highest BCUT2D eigenvalue weighted by atomic mass is 19.4. The molecule has 20 heavy (non-hydrogen) atoms. The van der Waals surface area contributed by atoms with Crippen molar-refractivity contribution in [3.8, 4) is 0 Å². The third-order valence-corrected chi connectivity index (χ3v) is 4.40. The van der Waals surface area contributed by atoms with Crippen molar-refractivity contribution >= 4 is 0 Å². The number of hydrogen-bond acceptors (Lipinski definition) is 2. The first-order valence-electron chi connectivity index (χ1n) is 7.53. The molecule has 120 valence electrons. The summed E-state index contributed by atoms with van der Waals surface area (Å²) >= 11 is 0. The SMILES string of the molecule is CCC1(C)CN(CCCC(F)(F)F)C(C(C)(C)C)CN1. The number of nitrogens with one attached hydrogen (secondary N) is 1. The average molecular weight is 294 g/mol. The van der Waals surface area contributed by atoms with Crippen LogP contribution in [0.1, 0.15) is 53.9 Å². The van der Waals surface area contributed by atoms with Crippen LogP contribution >= 0.6 is 0 Å². The van der Waals surface area contributed by atoms with Crippen molar-refractivity contribution in [1.29, 1.82) is 0 Å². The van der Waals surface area contributed by atoms with Crippen LogP contribution < -0.4 is 5.32 Å². The van der Waals surface area contributed by atoms with Crippen molar-refractivity contribution in [2.75, 3.05) is 19.6 Å². The zero-order chi connectivity index (χ0) is 15.6. The molecule has 2 unspecified atom stereocenters. The van der Waals surface area contributed by atoms with E-state index in [1.807, 2.05) is 0 Å². The lowest BCUT2D eigenvalue weighted by molar-refractivity contribution is -0.137. The second-order valence-corrected chi connectivity index (χ2v) is 7.37. The molecule has 0 aliphatic carbocycles. The minimum atomic E-state index is -4.04. The van der Waals surface area contributed by atoms with Crippen molar-refractivity contribution in [3.05, 3.63) is 0 Å². The Kier molecular flexibility index (Phi) is 5.53. The van der Waals surface area contributed by atoms with Crippen LogP contribution in [0.2, 0.25) is 0 Å². The summed E-state index contributed by atoms with van der Waals surface area (Å²) in [4.78, 5) is 2.26. The molecule has 0 aromatic heterocycles. The summed E-state index contributed by atoms with van der Waals surface area (Å²) < 4.78 is 37.0. The van der Waals surface area contributed by atoms with Crippen molar-refractivity contribution in [2.24, 2.45) is 5.41 Å². The second-order valence-electron chi connectivity index (χ2n) is 7.37. The van der Waals surface area contributed by atoms with Gasteiger partial charge in [0.1, 0.15) is 0 Å². The molecule has 0 amide bonds. The van der Waals surface area contributed by atoms with E-state index in [2.05, 4.69) is 44.8 Å². The van der Waals surface area contributed by atoms with Gasteiger partial charge < -0.3 is 5.32 Å². The van der Waals surface area contributed by atoms with Crippen LogP contribution in [0.15, 0.2) is 0 Å². The maximum atomic E-state index is 12.3. The number of piperazine rings is 1. The molecule has 0 aromatic carbocycles. The minimum Gasteiger partial charge on any atom is -0.309 e. The van der Waals surface area contributed by atoms with Gasteiger partial charge in [0.2, 0.25) is 0 Å². The van der Waals surface area contributed by atoms with Gasteiger partial charge in [-0.05, 0) is 31.7 Å². The van der Waals surface area contributed by atoms with E-state index >= 15 is 0 Å². The first-order valence-corrected chi connectivity index (χ1v) is 7.53. The molecule has 1 saturated heterocycles. The summed E-state index contributed by atoms with van der Waals surface area (Å²) in [5, 5.41) is 3.57. The van der Waals surface area contributed by atoms with Gasteiger partial charge >= 0.3 is 6.18 Å². The standard InChI is InChI=1S/C15H29F3N2/c1-6-14(5)11-20(9-7-8-15(16,17)18)12(10-19-14)13(2,3)4/h12,19H,6-11H2,1-5H3. The molecule has 1 fully saturated rings. The van der Waals surface area contributed by atoms with E-state index in [1.165, 1.54) is 0 Å². The van der Waals surface area contributed by atoms with Gasteiger partial charge in [-0.2, -0.15) is 13.2 Å². The predicted octanol–water partition coefficient (Wildman–Crippen LogP) is 3.82. The summed E-state index contributed by atoms with van der Waals surface area (Å²) in [6, 6.07) is 0.287. The summed E-state index contributed by atoms with van der Waals surface area (Å²) in [6.45, 7) is 12.9. The number of halogens is 3. The first kappa shape index (κ1) is 17.8. The number of alkyl halides is 3. The van der Waals surface area contributed by atoms with E-state index in [4.69, 9.17) is 0 Å². The lowest BCUT2D eigenvalue weighted by atomic mass is 9.81. The molecule has 2 nitrogen and oxygen atoms in total. The fourth-order valence-electron chi connectivity index (χ4n) is 2.89. The fourth-order valence-corrected chi connectivity index (χ4v) is 2.89. The number of rotatable bonds is 4. The summed E-state index contributed by atoms with van der Waals surface area (Å²) in [5.74, 6) is 0. The minimum absolute atomic E-state index is 0.0139. The second kappa shape index (κ2) is 6.22. The molecule has 1 heterocycles. The van der Waals surface area contributed by atoms with Gasteiger partial charge in [0.15, 0.2) is 0 Å². The van der Waals surface area contributed by atoms with Gasteiger partial charge in [-0.3, -0.25) is 4.90 Å². The third kappa shape index (κ3) is 5.24. The summed E-state index contributed by atoms with van der Waals surface area (Å²) in [6.07, 6.45) is -3.55. The van der Waals surface area contributed by atoms with Gasteiger partial charge in [0, 0.05) is 31.1 Å². The lowest BCUT2D eigenvalue weighted by Gasteiger charge is -2.50. The maximum absolute atomic E-state index is 12.3. The summed E-state index contributed by atoms with van der Waals surface area (Å²) in [5.41, 5.74) is 0.0836. The highest BCUT2D eigenvalue weighted by molar-refractivity contribution is 4.98. The monoisotopic (exact) mass is 294 g/mol. The molecule has 1 N–H and O–H groups in total. The van der Waals surface area contributed by atoms with E-state index in [1.54, 1.807) is 0 Å². The first-order chi connectivity index (χ1) is 8.97.